The summed E-state index contributed by atoms with van der Waals surface area (Å²) in [6.45, 7) is 4.61. The molecule has 0 aromatic heterocycles. The molecule has 152 valence electrons. The van der Waals surface area contributed by atoms with Crippen molar-refractivity contribution in [2.45, 2.75) is 64.7 Å². The van der Waals surface area contributed by atoms with Crippen LogP contribution in [0.5, 0.6) is 0 Å². The fourth-order valence-corrected chi connectivity index (χ4v) is 2.12. The lowest BCUT2D eigenvalue weighted by atomic mass is 10.1. The standard InChI is InChI=1S/C17H37N2.CH4O4S/c1-5-6-7-8-9-10-11-12-13-15-18-16-14-17-19(2,3)4;1-5-6(2,3)4/h13,15,18H,5-12,14,16-17H2,1-4H3;1H3,(H,2,3,4)/q+1;/p-1. The van der Waals surface area contributed by atoms with E-state index >= 15 is 0 Å². The minimum absolute atomic E-state index is 0.808. The molecule has 7 heteroatoms. The summed E-state index contributed by atoms with van der Waals surface area (Å²) in [5.74, 6) is 0. The summed E-state index contributed by atoms with van der Waals surface area (Å²) in [7, 11) is 3.13. The van der Waals surface area contributed by atoms with E-state index < -0.39 is 10.4 Å². The number of quaternary nitrogens is 1. The molecule has 1 N–H and O–H groups in total. The molecule has 0 fully saturated rings. The van der Waals surface area contributed by atoms with Gasteiger partial charge in [-0.2, -0.15) is 0 Å². The van der Waals surface area contributed by atoms with Crippen molar-refractivity contribution in [3.63, 3.8) is 0 Å². The van der Waals surface area contributed by atoms with Gasteiger partial charge in [0, 0.05) is 13.0 Å². The third-order valence-electron chi connectivity index (χ3n) is 3.56. The van der Waals surface area contributed by atoms with Gasteiger partial charge >= 0.3 is 0 Å². The van der Waals surface area contributed by atoms with E-state index in [1.165, 1.54) is 64.3 Å². The molecule has 0 atom stereocenters. The molecule has 0 amide bonds. The van der Waals surface area contributed by atoms with E-state index in [-0.39, 0.29) is 0 Å². The summed E-state index contributed by atoms with van der Waals surface area (Å²) in [4.78, 5) is 0. The highest BCUT2D eigenvalue weighted by molar-refractivity contribution is 7.80. The fraction of sp³-hybridized carbons (Fsp3) is 0.889. The van der Waals surface area contributed by atoms with Gasteiger partial charge in [-0.1, -0.05) is 51.5 Å². The van der Waals surface area contributed by atoms with Crippen LogP contribution in [0.3, 0.4) is 0 Å². The van der Waals surface area contributed by atoms with Crippen molar-refractivity contribution in [2.24, 2.45) is 0 Å². The second kappa shape index (κ2) is 16.8. The van der Waals surface area contributed by atoms with Crippen LogP contribution in [0.1, 0.15) is 64.7 Å². The molecule has 0 radical (unpaired) electrons. The molecule has 0 spiro atoms. The van der Waals surface area contributed by atoms with Gasteiger partial charge in [0.2, 0.25) is 10.4 Å². The topological polar surface area (TPSA) is 78.5 Å². The van der Waals surface area contributed by atoms with Gasteiger partial charge in [0.25, 0.3) is 0 Å². The lowest BCUT2D eigenvalue weighted by Gasteiger charge is -2.23. The van der Waals surface area contributed by atoms with Gasteiger partial charge in [-0.05, 0) is 19.0 Å². The maximum atomic E-state index is 9.22. The molecule has 0 aromatic carbocycles. The molecule has 25 heavy (non-hydrogen) atoms. The predicted molar refractivity (Wildman–Crippen MR) is 104 cm³/mol. The van der Waals surface area contributed by atoms with Crippen LogP contribution in [0.4, 0.5) is 0 Å². The number of rotatable bonds is 14. The average molecular weight is 381 g/mol. The van der Waals surface area contributed by atoms with Crippen LogP contribution in [-0.4, -0.2) is 58.8 Å². The van der Waals surface area contributed by atoms with Gasteiger partial charge in [0.1, 0.15) is 0 Å². The van der Waals surface area contributed by atoms with E-state index in [4.69, 9.17) is 0 Å². The monoisotopic (exact) mass is 380 g/mol. The zero-order valence-corrected chi connectivity index (χ0v) is 17.7. The Kier molecular flexibility index (Phi) is 17.9. The summed E-state index contributed by atoms with van der Waals surface area (Å²) in [6, 6.07) is 0. The van der Waals surface area contributed by atoms with Crippen molar-refractivity contribution >= 4 is 10.4 Å². The van der Waals surface area contributed by atoms with E-state index in [2.05, 4.69) is 49.8 Å². The smallest absolute Gasteiger partial charge is 0.217 e. The summed E-state index contributed by atoms with van der Waals surface area (Å²) in [5.41, 5.74) is 0. The Morgan fingerprint density at radius 2 is 1.52 bits per heavy atom. The van der Waals surface area contributed by atoms with Crippen LogP contribution in [0.25, 0.3) is 0 Å². The zero-order valence-electron chi connectivity index (χ0n) is 16.9. The van der Waals surface area contributed by atoms with Crippen molar-refractivity contribution in [3.05, 3.63) is 12.3 Å². The van der Waals surface area contributed by atoms with E-state index in [1.54, 1.807) is 0 Å². The highest BCUT2D eigenvalue weighted by Crippen LogP contribution is 2.08. The van der Waals surface area contributed by atoms with Crippen molar-refractivity contribution in [3.8, 4) is 0 Å². The number of hydrogen-bond acceptors (Lipinski definition) is 5. The molecule has 0 saturated heterocycles. The van der Waals surface area contributed by atoms with Crippen LogP contribution in [0.2, 0.25) is 0 Å². The SMILES string of the molecule is CCCCCCCCCC=CNCCC[N+](C)(C)C.COS(=O)(=O)[O-]. The van der Waals surface area contributed by atoms with E-state index in [9.17, 15) is 13.0 Å². The minimum atomic E-state index is -4.41. The molecule has 0 aliphatic heterocycles. The van der Waals surface area contributed by atoms with Crippen molar-refractivity contribution < 1.29 is 21.6 Å². The Hall–Kier alpha value is -0.630. The number of unbranched alkanes of at least 4 members (excludes halogenated alkanes) is 7. The molecule has 0 bridgehead atoms. The van der Waals surface area contributed by atoms with Crippen LogP contribution in [-0.2, 0) is 14.6 Å². The number of hydrogen-bond donors (Lipinski definition) is 1. The first-order chi connectivity index (χ1) is 11.6. The largest absolute Gasteiger partial charge is 0.726 e. The molecule has 0 aromatic rings. The van der Waals surface area contributed by atoms with Crippen LogP contribution in [0.15, 0.2) is 12.3 Å². The molecule has 0 aliphatic rings. The summed E-state index contributed by atoms with van der Waals surface area (Å²) < 4.78 is 32.1. The average Bonchev–Trinajstić information content (AvgIpc) is 2.51. The van der Waals surface area contributed by atoms with E-state index in [0.29, 0.717) is 0 Å². The molecule has 0 aliphatic carbocycles. The fourth-order valence-electron chi connectivity index (χ4n) is 2.12. The zero-order chi connectivity index (χ0) is 19.6. The summed E-state index contributed by atoms with van der Waals surface area (Å²) in [5, 5.41) is 3.39. The molecule has 0 saturated carbocycles. The highest BCUT2D eigenvalue weighted by Gasteiger charge is 2.04. The van der Waals surface area contributed by atoms with Crippen LogP contribution < -0.4 is 5.32 Å². The van der Waals surface area contributed by atoms with E-state index in [1.807, 2.05) is 0 Å². The molecular formula is C18H40N2O4S. The first-order valence-electron chi connectivity index (χ1n) is 9.32. The normalized spacial score (nSPS) is 12.1. The van der Waals surface area contributed by atoms with Gasteiger partial charge in [-0.15, -0.1) is 0 Å². The second-order valence-electron chi connectivity index (χ2n) is 7.21. The lowest BCUT2D eigenvalue weighted by molar-refractivity contribution is -0.870. The van der Waals surface area contributed by atoms with Crippen molar-refractivity contribution in [1.82, 2.24) is 5.32 Å². The third kappa shape index (κ3) is 31.6. The van der Waals surface area contributed by atoms with Crippen LogP contribution >= 0.6 is 0 Å². The Bertz CT molecular complexity index is 404. The number of allylic oxidation sites excluding steroid dienone is 1. The third-order valence-corrected chi connectivity index (χ3v) is 3.97. The van der Waals surface area contributed by atoms with Gasteiger partial charge in [0.15, 0.2) is 0 Å². The van der Waals surface area contributed by atoms with Gasteiger partial charge < -0.3 is 14.4 Å². The van der Waals surface area contributed by atoms with Crippen LogP contribution in [0, 0.1) is 0 Å². The Morgan fingerprint density at radius 1 is 1.00 bits per heavy atom. The molecule has 6 nitrogen and oxygen atoms in total. The predicted octanol–water partition coefficient (Wildman–Crippen LogP) is 3.42. The van der Waals surface area contributed by atoms with E-state index in [0.717, 1.165) is 18.1 Å². The Morgan fingerprint density at radius 3 is 2.00 bits per heavy atom. The first kappa shape index (κ1) is 26.6. The maximum Gasteiger partial charge on any atom is 0.217 e. The number of nitrogens with one attached hydrogen (secondary N) is 1. The second-order valence-corrected chi connectivity index (χ2v) is 8.36. The molecule has 0 rings (SSSR count). The quantitative estimate of drug-likeness (QED) is 0.216. The van der Waals surface area contributed by atoms with Gasteiger partial charge in [-0.25, -0.2) is 8.42 Å². The van der Waals surface area contributed by atoms with Gasteiger partial charge in [-0.3, -0.25) is 4.18 Å². The summed E-state index contributed by atoms with van der Waals surface area (Å²) >= 11 is 0. The molecular weight excluding hydrogens is 340 g/mol. The summed E-state index contributed by atoms with van der Waals surface area (Å²) in [6.07, 6.45) is 16.7. The molecule has 0 heterocycles. The van der Waals surface area contributed by atoms with Gasteiger partial charge in [0.05, 0.1) is 34.8 Å². The van der Waals surface area contributed by atoms with Crippen molar-refractivity contribution in [1.29, 1.82) is 0 Å². The first-order valence-corrected chi connectivity index (χ1v) is 10.7. The Balaban J connectivity index is 0. The Labute approximate surface area is 156 Å². The van der Waals surface area contributed by atoms with Crippen molar-refractivity contribution in [2.75, 3.05) is 41.3 Å². The molecule has 0 unspecified atom stereocenters. The maximum absolute atomic E-state index is 9.22. The highest BCUT2D eigenvalue weighted by atomic mass is 32.3. The lowest BCUT2D eigenvalue weighted by Crippen LogP contribution is -2.36. The minimum Gasteiger partial charge on any atom is -0.726 e. The number of nitrogens with zero attached hydrogens (tertiary/aromatic N) is 1.